The van der Waals surface area contributed by atoms with Crippen LogP contribution in [0, 0.1) is 0 Å². The lowest BCUT2D eigenvalue weighted by Crippen LogP contribution is -2.27. The molecular formula is C14H18BrN3O2. The Hall–Kier alpha value is -1.37. The van der Waals surface area contributed by atoms with Crippen LogP contribution < -0.4 is 15.5 Å². The largest absolute Gasteiger partial charge is 0.395 e. The molecule has 20 heavy (non-hydrogen) atoms. The van der Waals surface area contributed by atoms with Crippen LogP contribution in [0.5, 0.6) is 0 Å². The maximum atomic E-state index is 11.8. The zero-order valence-electron chi connectivity index (χ0n) is 11.3. The second-order valence-corrected chi connectivity index (χ2v) is 5.41. The van der Waals surface area contributed by atoms with Crippen molar-refractivity contribution in [3.63, 3.8) is 0 Å². The molecule has 1 aliphatic rings. The highest BCUT2D eigenvalue weighted by Crippen LogP contribution is 2.38. The van der Waals surface area contributed by atoms with Gasteiger partial charge in [-0.05, 0) is 35.1 Å². The fourth-order valence-corrected chi connectivity index (χ4v) is 3.00. The quantitative estimate of drug-likeness (QED) is 0.689. The van der Waals surface area contributed by atoms with Crippen molar-refractivity contribution in [3.8, 4) is 0 Å². The Morgan fingerprint density at radius 2 is 2.35 bits per heavy atom. The fraction of sp³-hybridized carbons (Fsp3) is 0.357. The molecule has 1 aliphatic heterocycles. The fourth-order valence-electron chi connectivity index (χ4n) is 2.39. The standard InChI is InChI=1S/C14H18BrN3O2/c1-3-4-18(5-6-19)12-8-11-9(7-10(12)15)13(16-2)14(20)17-11/h3,7-8,13,16,19H,1,4-6H2,2H3,(H,17,20). The van der Waals surface area contributed by atoms with Crippen LogP contribution in [-0.2, 0) is 4.79 Å². The van der Waals surface area contributed by atoms with Gasteiger partial charge in [-0.3, -0.25) is 4.79 Å². The number of benzene rings is 1. The third-order valence-electron chi connectivity index (χ3n) is 3.30. The number of halogens is 1. The van der Waals surface area contributed by atoms with Gasteiger partial charge in [0.05, 0.1) is 12.3 Å². The normalized spacial score (nSPS) is 16.8. The molecule has 0 spiro atoms. The number of amides is 1. The van der Waals surface area contributed by atoms with E-state index in [2.05, 4.69) is 33.1 Å². The van der Waals surface area contributed by atoms with Crippen LogP contribution in [0.15, 0.2) is 29.3 Å². The number of nitrogens with one attached hydrogen (secondary N) is 2. The maximum Gasteiger partial charge on any atom is 0.246 e. The molecule has 0 saturated heterocycles. The third kappa shape index (κ3) is 2.72. The number of carbonyl (C=O) groups is 1. The van der Waals surface area contributed by atoms with Gasteiger partial charge in [-0.1, -0.05) is 6.08 Å². The number of anilines is 2. The summed E-state index contributed by atoms with van der Waals surface area (Å²) in [6, 6.07) is 3.55. The van der Waals surface area contributed by atoms with Crippen LogP contribution >= 0.6 is 15.9 Å². The smallest absolute Gasteiger partial charge is 0.246 e. The number of likely N-dealkylation sites (N-methyl/N-ethyl adjacent to an activating group) is 1. The molecule has 5 nitrogen and oxygen atoms in total. The molecule has 0 radical (unpaired) electrons. The lowest BCUT2D eigenvalue weighted by atomic mass is 10.1. The van der Waals surface area contributed by atoms with E-state index in [0.717, 1.165) is 21.4 Å². The van der Waals surface area contributed by atoms with Gasteiger partial charge in [0, 0.05) is 28.8 Å². The lowest BCUT2D eigenvalue weighted by molar-refractivity contribution is -0.117. The molecule has 1 heterocycles. The molecule has 6 heteroatoms. The average Bonchev–Trinajstić information content (AvgIpc) is 2.72. The lowest BCUT2D eigenvalue weighted by Gasteiger charge is -2.24. The Balaban J connectivity index is 2.40. The van der Waals surface area contributed by atoms with Crippen LogP contribution in [0.2, 0.25) is 0 Å². The first-order valence-electron chi connectivity index (χ1n) is 6.40. The number of aliphatic hydroxyl groups is 1. The molecule has 1 atom stereocenters. The Kier molecular flexibility index (Phi) is 4.80. The zero-order valence-corrected chi connectivity index (χ0v) is 12.9. The SMILES string of the molecule is C=CCN(CCO)c1cc2c(cc1Br)C(NC)C(=O)N2. The van der Waals surface area contributed by atoms with E-state index < -0.39 is 0 Å². The van der Waals surface area contributed by atoms with Crippen LogP contribution in [0.1, 0.15) is 11.6 Å². The summed E-state index contributed by atoms with van der Waals surface area (Å²) in [6.07, 6.45) is 1.78. The van der Waals surface area contributed by atoms with Crippen molar-refractivity contribution < 1.29 is 9.90 Å². The number of carbonyl (C=O) groups excluding carboxylic acids is 1. The van der Waals surface area contributed by atoms with Gasteiger partial charge in [0.1, 0.15) is 6.04 Å². The number of hydrogen-bond acceptors (Lipinski definition) is 4. The second kappa shape index (κ2) is 6.39. The van der Waals surface area contributed by atoms with Crippen LogP contribution in [0.3, 0.4) is 0 Å². The highest BCUT2D eigenvalue weighted by Gasteiger charge is 2.30. The van der Waals surface area contributed by atoms with Crippen molar-refractivity contribution in [2.75, 3.05) is 37.0 Å². The molecule has 0 aromatic heterocycles. The van der Waals surface area contributed by atoms with E-state index >= 15 is 0 Å². The molecule has 108 valence electrons. The van der Waals surface area contributed by atoms with E-state index in [9.17, 15) is 4.79 Å². The predicted molar refractivity (Wildman–Crippen MR) is 84.1 cm³/mol. The third-order valence-corrected chi connectivity index (χ3v) is 3.93. The van der Waals surface area contributed by atoms with E-state index in [1.807, 2.05) is 17.0 Å². The Morgan fingerprint density at radius 1 is 1.60 bits per heavy atom. The van der Waals surface area contributed by atoms with Gasteiger partial charge in [-0.2, -0.15) is 0 Å². The Labute approximate surface area is 126 Å². The van der Waals surface area contributed by atoms with Crippen molar-refractivity contribution in [1.29, 1.82) is 0 Å². The number of aliphatic hydroxyl groups excluding tert-OH is 1. The van der Waals surface area contributed by atoms with Crippen LogP contribution in [0.4, 0.5) is 11.4 Å². The van der Waals surface area contributed by atoms with E-state index in [-0.39, 0.29) is 18.6 Å². The summed E-state index contributed by atoms with van der Waals surface area (Å²) in [5, 5.41) is 15.0. The molecule has 0 bridgehead atoms. The highest BCUT2D eigenvalue weighted by molar-refractivity contribution is 9.10. The van der Waals surface area contributed by atoms with Gasteiger partial charge in [0.2, 0.25) is 5.91 Å². The van der Waals surface area contributed by atoms with E-state index in [4.69, 9.17) is 5.11 Å². The van der Waals surface area contributed by atoms with E-state index in [0.29, 0.717) is 13.1 Å². The molecule has 0 fully saturated rings. The summed E-state index contributed by atoms with van der Waals surface area (Å²) in [5.74, 6) is -0.0519. The monoisotopic (exact) mass is 339 g/mol. The summed E-state index contributed by atoms with van der Waals surface area (Å²) >= 11 is 3.54. The summed E-state index contributed by atoms with van der Waals surface area (Å²) in [5.41, 5.74) is 2.66. The first kappa shape index (κ1) is 15.0. The maximum absolute atomic E-state index is 11.8. The average molecular weight is 340 g/mol. The van der Waals surface area contributed by atoms with Gasteiger partial charge in [-0.15, -0.1) is 6.58 Å². The molecule has 1 amide bonds. The Morgan fingerprint density at radius 3 is 2.95 bits per heavy atom. The minimum Gasteiger partial charge on any atom is -0.395 e. The minimum absolute atomic E-state index is 0.0519. The van der Waals surface area contributed by atoms with Crippen LogP contribution in [0.25, 0.3) is 0 Å². The Bertz CT molecular complexity index is 533. The molecule has 1 aromatic carbocycles. The van der Waals surface area contributed by atoms with Crippen molar-refractivity contribution in [1.82, 2.24) is 5.32 Å². The predicted octanol–water partition coefficient (Wildman–Crippen LogP) is 1.65. The second-order valence-electron chi connectivity index (χ2n) is 4.56. The van der Waals surface area contributed by atoms with Gasteiger partial charge < -0.3 is 20.6 Å². The number of hydrogen-bond donors (Lipinski definition) is 3. The highest BCUT2D eigenvalue weighted by atomic mass is 79.9. The van der Waals surface area contributed by atoms with E-state index in [1.54, 1.807) is 13.1 Å². The minimum atomic E-state index is -0.318. The molecule has 1 aromatic rings. The topological polar surface area (TPSA) is 64.6 Å². The van der Waals surface area contributed by atoms with Crippen molar-refractivity contribution >= 4 is 33.2 Å². The number of fused-ring (bicyclic) bond motifs is 1. The molecule has 0 saturated carbocycles. The molecule has 0 aliphatic carbocycles. The molecular weight excluding hydrogens is 322 g/mol. The molecule has 1 unspecified atom stereocenters. The first-order chi connectivity index (χ1) is 9.62. The molecule has 3 N–H and O–H groups in total. The summed E-state index contributed by atoms with van der Waals surface area (Å²) in [6.45, 7) is 4.92. The summed E-state index contributed by atoms with van der Waals surface area (Å²) in [7, 11) is 1.76. The van der Waals surface area contributed by atoms with Gasteiger partial charge in [0.25, 0.3) is 0 Å². The van der Waals surface area contributed by atoms with Crippen LogP contribution in [-0.4, -0.2) is 37.8 Å². The van der Waals surface area contributed by atoms with Crippen molar-refractivity contribution in [2.45, 2.75) is 6.04 Å². The van der Waals surface area contributed by atoms with Crippen molar-refractivity contribution in [2.24, 2.45) is 0 Å². The van der Waals surface area contributed by atoms with Gasteiger partial charge >= 0.3 is 0 Å². The van der Waals surface area contributed by atoms with Crippen molar-refractivity contribution in [3.05, 3.63) is 34.8 Å². The first-order valence-corrected chi connectivity index (χ1v) is 7.20. The zero-order chi connectivity index (χ0) is 14.7. The van der Waals surface area contributed by atoms with Gasteiger partial charge in [0.15, 0.2) is 0 Å². The van der Waals surface area contributed by atoms with E-state index in [1.165, 1.54) is 0 Å². The summed E-state index contributed by atoms with van der Waals surface area (Å²) < 4.78 is 0.892. The van der Waals surface area contributed by atoms with Gasteiger partial charge in [-0.25, -0.2) is 0 Å². The molecule has 2 rings (SSSR count). The number of nitrogens with zero attached hydrogens (tertiary/aromatic N) is 1. The summed E-state index contributed by atoms with van der Waals surface area (Å²) in [4.78, 5) is 13.8. The number of rotatable bonds is 6.